The minimum absolute atomic E-state index is 0.709. The van der Waals surface area contributed by atoms with Crippen LogP contribution in [0.5, 0.6) is 0 Å². The fraction of sp³-hybridized carbons (Fsp3) is 0.300. The first kappa shape index (κ1) is 9.14. The standard InChI is InChI=1S/C10H10N6/c1-3-8-6-11-12-9(8)5-7(1)2-4-10-13-15-16-14-10/h1,3,5H,2,4,6H2,(H,13,14,15,16). The van der Waals surface area contributed by atoms with Crippen molar-refractivity contribution in [2.45, 2.75) is 19.4 Å². The summed E-state index contributed by atoms with van der Waals surface area (Å²) in [5.41, 5.74) is 3.42. The van der Waals surface area contributed by atoms with Gasteiger partial charge in [0.05, 0.1) is 12.2 Å². The van der Waals surface area contributed by atoms with Gasteiger partial charge < -0.3 is 0 Å². The Bertz CT molecular complexity index is 516. The van der Waals surface area contributed by atoms with Crippen LogP contribution in [0.1, 0.15) is 17.0 Å². The van der Waals surface area contributed by atoms with Crippen LogP contribution in [0.3, 0.4) is 0 Å². The molecule has 1 aliphatic rings. The molecule has 6 nitrogen and oxygen atoms in total. The number of tetrazole rings is 1. The molecule has 6 heteroatoms. The van der Waals surface area contributed by atoms with Crippen LogP contribution in [0.25, 0.3) is 0 Å². The summed E-state index contributed by atoms with van der Waals surface area (Å²) in [7, 11) is 0. The Morgan fingerprint density at radius 1 is 1.25 bits per heavy atom. The van der Waals surface area contributed by atoms with Crippen LogP contribution in [-0.2, 0) is 19.4 Å². The van der Waals surface area contributed by atoms with Crippen LogP contribution in [0.15, 0.2) is 28.4 Å². The minimum Gasteiger partial charge on any atom is -0.184 e. The molecular formula is C10H10N6. The Kier molecular flexibility index (Phi) is 2.17. The number of nitrogens with zero attached hydrogens (tertiary/aromatic N) is 5. The second-order valence-corrected chi connectivity index (χ2v) is 3.69. The van der Waals surface area contributed by atoms with Gasteiger partial charge in [0.2, 0.25) is 0 Å². The van der Waals surface area contributed by atoms with Crippen LogP contribution < -0.4 is 0 Å². The van der Waals surface area contributed by atoms with Gasteiger partial charge in [0, 0.05) is 12.0 Å². The van der Waals surface area contributed by atoms with Crippen molar-refractivity contribution in [2.75, 3.05) is 0 Å². The van der Waals surface area contributed by atoms with Gasteiger partial charge in [-0.2, -0.15) is 15.4 Å². The molecule has 0 unspecified atom stereocenters. The molecule has 0 bridgehead atoms. The molecule has 80 valence electrons. The van der Waals surface area contributed by atoms with Gasteiger partial charge in [-0.15, -0.1) is 10.2 Å². The highest BCUT2D eigenvalue weighted by atomic mass is 15.5. The molecular weight excluding hydrogens is 204 g/mol. The van der Waals surface area contributed by atoms with Gasteiger partial charge in [0.1, 0.15) is 0 Å². The summed E-state index contributed by atoms with van der Waals surface area (Å²) in [6, 6.07) is 6.27. The first-order valence-electron chi connectivity index (χ1n) is 5.13. The SMILES string of the molecule is c1cc2c(cc1CCc1nn[nH]n1)N=NC2. The lowest BCUT2D eigenvalue weighted by Crippen LogP contribution is -1.94. The van der Waals surface area contributed by atoms with Crippen molar-refractivity contribution in [1.82, 2.24) is 20.6 Å². The number of azo groups is 1. The number of rotatable bonds is 3. The van der Waals surface area contributed by atoms with E-state index in [9.17, 15) is 0 Å². The monoisotopic (exact) mass is 214 g/mol. The highest BCUT2D eigenvalue weighted by Crippen LogP contribution is 2.27. The fourth-order valence-electron chi connectivity index (χ4n) is 1.72. The third-order valence-electron chi connectivity index (χ3n) is 2.60. The average Bonchev–Trinajstić information content (AvgIpc) is 2.97. The topological polar surface area (TPSA) is 79.2 Å². The van der Waals surface area contributed by atoms with Crippen LogP contribution in [0, 0.1) is 0 Å². The van der Waals surface area contributed by atoms with Crippen molar-refractivity contribution in [2.24, 2.45) is 10.2 Å². The lowest BCUT2D eigenvalue weighted by Gasteiger charge is -2.00. The Hall–Kier alpha value is -2.11. The largest absolute Gasteiger partial charge is 0.184 e. The molecule has 0 fully saturated rings. The van der Waals surface area contributed by atoms with Gasteiger partial charge in [-0.05, 0) is 18.1 Å². The summed E-state index contributed by atoms with van der Waals surface area (Å²) in [5, 5.41) is 21.9. The molecule has 0 saturated carbocycles. The predicted octanol–water partition coefficient (Wildman–Crippen LogP) is 1.58. The second-order valence-electron chi connectivity index (χ2n) is 3.69. The Morgan fingerprint density at radius 3 is 3.12 bits per heavy atom. The van der Waals surface area contributed by atoms with Crippen LogP contribution in [-0.4, -0.2) is 20.6 Å². The molecule has 0 aliphatic carbocycles. The first-order chi connectivity index (χ1) is 7.92. The molecule has 0 atom stereocenters. The van der Waals surface area contributed by atoms with Crippen molar-refractivity contribution in [1.29, 1.82) is 0 Å². The summed E-state index contributed by atoms with van der Waals surface area (Å²) >= 11 is 0. The van der Waals surface area contributed by atoms with Crippen LogP contribution in [0.4, 0.5) is 5.69 Å². The number of fused-ring (bicyclic) bond motifs is 1. The molecule has 16 heavy (non-hydrogen) atoms. The number of benzene rings is 1. The van der Waals surface area contributed by atoms with Crippen molar-refractivity contribution >= 4 is 5.69 Å². The highest BCUT2D eigenvalue weighted by Gasteiger charge is 2.08. The van der Waals surface area contributed by atoms with Crippen molar-refractivity contribution in [3.8, 4) is 0 Å². The maximum absolute atomic E-state index is 4.08. The Balaban J connectivity index is 1.73. The van der Waals surface area contributed by atoms with Gasteiger partial charge in [-0.1, -0.05) is 17.3 Å². The third kappa shape index (κ3) is 1.69. The zero-order chi connectivity index (χ0) is 10.8. The number of aryl methyl sites for hydroxylation is 2. The molecule has 2 aromatic rings. The highest BCUT2D eigenvalue weighted by molar-refractivity contribution is 5.49. The molecule has 1 aromatic heterocycles. The molecule has 3 rings (SSSR count). The van der Waals surface area contributed by atoms with E-state index in [2.05, 4.69) is 49.1 Å². The molecule has 0 spiro atoms. The molecule has 1 aliphatic heterocycles. The van der Waals surface area contributed by atoms with Gasteiger partial charge in [-0.3, -0.25) is 0 Å². The third-order valence-corrected chi connectivity index (χ3v) is 2.60. The zero-order valence-electron chi connectivity index (χ0n) is 8.59. The van der Waals surface area contributed by atoms with E-state index in [-0.39, 0.29) is 0 Å². The Morgan fingerprint density at radius 2 is 2.25 bits per heavy atom. The first-order valence-corrected chi connectivity index (χ1v) is 5.13. The smallest absolute Gasteiger partial charge is 0.174 e. The van der Waals surface area contributed by atoms with E-state index in [1.807, 2.05) is 0 Å². The van der Waals surface area contributed by atoms with E-state index in [1.54, 1.807) is 0 Å². The molecule has 1 N–H and O–H groups in total. The number of hydrogen-bond donors (Lipinski definition) is 1. The van der Waals surface area contributed by atoms with E-state index in [1.165, 1.54) is 11.1 Å². The van der Waals surface area contributed by atoms with E-state index < -0.39 is 0 Å². The summed E-state index contributed by atoms with van der Waals surface area (Å²) < 4.78 is 0. The summed E-state index contributed by atoms with van der Waals surface area (Å²) in [5.74, 6) is 0.738. The van der Waals surface area contributed by atoms with E-state index in [0.29, 0.717) is 6.54 Å². The number of nitrogens with one attached hydrogen (secondary N) is 1. The van der Waals surface area contributed by atoms with Crippen LogP contribution in [0.2, 0.25) is 0 Å². The van der Waals surface area contributed by atoms with E-state index >= 15 is 0 Å². The lowest BCUT2D eigenvalue weighted by atomic mass is 10.1. The molecule has 2 heterocycles. The fourth-order valence-corrected chi connectivity index (χ4v) is 1.72. The normalized spacial score (nSPS) is 13.0. The molecule has 1 aromatic carbocycles. The number of H-pyrrole nitrogens is 1. The van der Waals surface area contributed by atoms with Gasteiger partial charge >= 0.3 is 0 Å². The number of aromatic nitrogens is 4. The van der Waals surface area contributed by atoms with Crippen molar-refractivity contribution in [3.63, 3.8) is 0 Å². The van der Waals surface area contributed by atoms with E-state index in [0.717, 1.165) is 24.4 Å². The van der Waals surface area contributed by atoms with Crippen LogP contribution >= 0.6 is 0 Å². The Labute approximate surface area is 91.8 Å². The van der Waals surface area contributed by atoms with Gasteiger partial charge in [0.25, 0.3) is 0 Å². The summed E-state index contributed by atoms with van der Waals surface area (Å²) in [6.07, 6.45) is 1.68. The lowest BCUT2D eigenvalue weighted by molar-refractivity contribution is 0.864. The number of aromatic amines is 1. The second kappa shape index (κ2) is 3.80. The zero-order valence-corrected chi connectivity index (χ0v) is 8.59. The summed E-state index contributed by atoms with van der Waals surface area (Å²) in [6.45, 7) is 0.709. The molecule has 0 radical (unpaired) electrons. The maximum atomic E-state index is 4.08. The number of hydrogen-bond acceptors (Lipinski definition) is 5. The van der Waals surface area contributed by atoms with Gasteiger partial charge in [-0.25, -0.2) is 0 Å². The summed E-state index contributed by atoms with van der Waals surface area (Å²) in [4.78, 5) is 0. The average molecular weight is 214 g/mol. The predicted molar refractivity (Wildman–Crippen MR) is 56.2 cm³/mol. The van der Waals surface area contributed by atoms with Gasteiger partial charge in [0.15, 0.2) is 5.82 Å². The van der Waals surface area contributed by atoms with Crippen molar-refractivity contribution < 1.29 is 0 Å². The quantitative estimate of drug-likeness (QED) is 0.842. The van der Waals surface area contributed by atoms with Crippen molar-refractivity contribution in [3.05, 3.63) is 35.2 Å². The minimum atomic E-state index is 0.709. The molecule has 0 amide bonds. The molecule has 0 saturated heterocycles. The van der Waals surface area contributed by atoms with E-state index in [4.69, 9.17) is 0 Å². The maximum Gasteiger partial charge on any atom is 0.174 e.